The van der Waals surface area contributed by atoms with E-state index in [0.717, 1.165) is 49.9 Å². The molecule has 0 aromatic carbocycles. The molecule has 0 amide bonds. The summed E-state index contributed by atoms with van der Waals surface area (Å²) in [6.45, 7) is 9.05. The molecule has 0 unspecified atom stereocenters. The summed E-state index contributed by atoms with van der Waals surface area (Å²) in [6.07, 6.45) is 8.28. The molecule has 0 radical (unpaired) electrons. The van der Waals surface area contributed by atoms with Crippen LogP contribution in [0.15, 0.2) is 24.5 Å². The molecule has 140 valence electrons. The van der Waals surface area contributed by atoms with E-state index in [4.69, 9.17) is 0 Å². The minimum atomic E-state index is -0.673. The summed E-state index contributed by atoms with van der Waals surface area (Å²) in [5, 5.41) is 22.4. The number of aliphatic hydroxyl groups excluding tert-OH is 2. The van der Waals surface area contributed by atoms with Crippen molar-refractivity contribution in [2.24, 2.45) is 34.5 Å². The first-order valence-electron chi connectivity index (χ1n) is 10.2. The average molecular weight is 354 g/mol. The van der Waals surface area contributed by atoms with Gasteiger partial charge < -0.3 is 10.2 Å². The summed E-state index contributed by atoms with van der Waals surface area (Å²) in [5.74, 6) is 1.11. The summed E-state index contributed by atoms with van der Waals surface area (Å²) in [4.78, 5) is 9.12. The Hall–Kier alpha value is -1.26. The van der Waals surface area contributed by atoms with Crippen molar-refractivity contribution in [3.05, 3.63) is 35.9 Å². The van der Waals surface area contributed by atoms with Crippen molar-refractivity contribution in [1.29, 1.82) is 0 Å². The van der Waals surface area contributed by atoms with Crippen molar-refractivity contribution in [3.8, 4) is 0 Å². The predicted octanol–water partition coefficient (Wildman–Crippen LogP) is 2.93. The normalized spacial score (nSPS) is 49.8. The highest BCUT2D eigenvalue weighted by Crippen LogP contribution is 2.66. The molecule has 1 aromatic rings. The van der Waals surface area contributed by atoms with Crippen molar-refractivity contribution >= 4 is 0 Å². The van der Waals surface area contributed by atoms with E-state index >= 15 is 0 Å². The lowest BCUT2D eigenvalue weighted by Crippen LogP contribution is -2.64. The Bertz CT molecular complexity index is 764. The highest BCUT2D eigenvalue weighted by Gasteiger charge is 2.64. The average Bonchev–Trinajstić information content (AvgIpc) is 2.93. The van der Waals surface area contributed by atoms with Gasteiger partial charge in [0.05, 0.1) is 23.6 Å². The fraction of sp³-hybridized carbons (Fsp3) is 0.727. The standard InChI is InChI=1S/C22H30N2O2/c1-12-4-5-13-18-14(6-7-21(12,13)2)22(3)11-17-16(23-8-9-24-17)10-15(22)19(25)20(18)26/h8-9,13-15,18-20,25-26H,1,4-7,10-11H2,2-3H3/t13-,14-,15+,18-,19+,20+,21+,22+/m0/s1. The molecule has 4 aliphatic carbocycles. The van der Waals surface area contributed by atoms with Crippen LogP contribution in [0.4, 0.5) is 0 Å². The summed E-state index contributed by atoms with van der Waals surface area (Å²) >= 11 is 0. The van der Waals surface area contributed by atoms with Crippen molar-refractivity contribution < 1.29 is 10.2 Å². The van der Waals surface area contributed by atoms with Crippen LogP contribution in [-0.4, -0.2) is 32.4 Å². The van der Waals surface area contributed by atoms with E-state index in [-0.39, 0.29) is 22.7 Å². The van der Waals surface area contributed by atoms with Crippen molar-refractivity contribution in [3.63, 3.8) is 0 Å². The fourth-order valence-corrected chi connectivity index (χ4v) is 7.38. The molecule has 3 saturated carbocycles. The Morgan fingerprint density at radius 3 is 2.50 bits per heavy atom. The van der Waals surface area contributed by atoms with Crippen LogP contribution in [-0.2, 0) is 12.8 Å². The Labute approximate surface area is 155 Å². The number of allylic oxidation sites excluding steroid dienone is 1. The molecule has 4 heteroatoms. The monoisotopic (exact) mass is 354 g/mol. The van der Waals surface area contributed by atoms with Crippen LogP contribution in [0.25, 0.3) is 0 Å². The Morgan fingerprint density at radius 2 is 1.73 bits per heavy atom. The van der Waals surface area contributed by atoms with Gasteiger partial charge in [0.25, 0.3) is 0 Å². The van der Waals surface area contributed by atoms with E-state index in [2.05, 4.69) is 30.4 Å². The van der Waals surface area contributed by atoms with Gasteiger partial charge in [0, 0.05) is 12.4 Å². The number of rotatable bonds is 0. The van der Waals surface area contributed by atoms with Crippen molar-refractivity contribution in [2.45, 2.75) is 64.6 Å². The molecule has 26 heavy (non-hydrogen) atoms. The van der Waals surface area contributed by atoms with Gasteiger partial charge in [0.2, 0.25) is 0 Å². The Balaban J connectivity index is 1.59. The molecule has 4 nitrogen and oxygen atoms in total. The van der Waals surface area contributed by atoms with Gasteiger partial charge in [-0.15, -0.1) is 0 Å². The van der Waals surface area contributed by atoms with E-state index in [0.29, 0.717) is 11.8 Å². The van der Waals surface area contributed by atoms with Crippen LogP contribution in [0, 0.1) is 34.5 Å². The number of aromatic nitrogens is 2. The van der Waals surface area contributed by atoms with Gasteiger partial charge in [0.1, 0.15) is 0 Å². The molecule has 8 atom stereocenters. The summed E-state index contributed by atoms with van der Waals surface area (Å²) < 4.78 is 0. The topological polar surface area (TPSA) is 66.2 Å². The van der Waals surface area contributed by atoms with Crippen LogP contribution in [0.1, 0.15) is 50.9 Å². The predicted molar refractivity (Wildman–Crippen MR) is 99.2 cm³/mol. The van der Waals surface area contributed by atoms with E-state index in [1.54, 1.807) is 12.4 Å². The summed E-state index contributed by atoms with van der Waals surface area (Å²) in [7, 11) is 0. The molecule has 3 fully saturated rings. The molecule has 1 heterocycles. The molecule has 1 aromatic heterocycles. The number of aliphatic hydroxyl groups is 2. The minimum Gasteiger partial charge on any atom is -0.390 e. The maximum atomic E-state index is 11.2. The molecular weight excluding hydrogens is 324 g/mol. The largest absolute Gasteiger partial charge is 0.390 e. The quantitative estimate of drug-likeness (QED) is 0.703. The van der Waals surface area contributed by atoms with Gasteiger partial charge in [-0.2, -0.15) is 0 Å². The second kappa shape index (κ2) is 5.39. The Morgan fingerprint density at radius 1 is 1.00 bits per heavy atom. The molecule has 0 bridgehead atoms. The lowest BCUT2D eigenvalue weighted by atomic mass is 9.44. The highest BCUT2D eigenvalue weighted by molar-refractivity contribution is 5.27. The zero-order chi connectivity index (χ0) is 18.3. The maximum absolute atomic E-state index is 11.2. The van der Waals surface area contributed by atoms with Gasteiger partial charge in [-0.3, -0.25) is 9.97 Å². The number of fused-ring (bicyclic) bond motifs is 6. The van der Waals surface area contributed by atoms with Crippen molar-refractivity contribution in [2.75, 3.05) is 0 Å². The maximum Gasteiger partial charge on any atom is 0.0839 e. The van der Waals surface area contributed by atoms with Crippen LogP contribution in [0.3, 0.4) is 0 Å². The molecule has 5 rings (SSSR count). The third-order valence-electron chi connectivity index (χ3n) is 8.96. The molecular formula is C22H30N2O2. The fourth-order valence-electron chi connectivity index (χ4n) is 7.38. The summed E-state index contributed by atoms with van der Waals surface area (Å²) in [6, 6.07) is 0. The summed E-state index contributed by atoms with van der Waals surface area (Å²) in [5.41, 5.74) is 3.58. The van der Waals surface area contributed by atoms with Crippen LogP contribution in [0.2, 0.25) is 0 Å². The highest BCUT2D eigenvalue weighted by atomic mass is 16.3. The van der Waals surface area contributed by atoms with Gasteiger partial charge in [-0.25, -0.2) is 0 Å². The first-order valence-corrected chi connectivity index (χ1v) is 10.2. The SMILES string of the molecule is C=C1CC[C@H]2[C@@H]3[C@@H](O)[C@H](O)[C@H]4Cc5nccnc5C[C@]4(C)[C@H]3CC[C@]12C. The lowest BCUT2D eigenvalue weighted by molar-refractivity contribution is -0.201. The molecule has 4 aliphatic rings. The lowest BCUT2D eigenvalue weighted by Gasteiger charge is -2.62. The van der Waals surface area contributed by atoms with Crippen LogP contribution >= 0.6 is 0 Å². The zero-order valence-electron chi connectivity index (χ0n) is 15.9. The Kier molecular flexibility index (Phi) is 3.50. The van der Waals surface area contributed by atoms with Crippen molar-refractivity contribution in [1.82, 2.24) is 9.97 Å². The van der Waals surface area contributed by atoms with Gasteiger partial charge in [-0.05, 0) is 73.0 Å². The molecule has 0 spiro atoms. The second-order valence-electron chi connectivity index (χ2n) is 9.81. The van der Waals surface area contributed by atoms with E-state index in [1.165, 1.54) is 5.57 Å². The number of hydrogen-bond acceptors (Lipinski definition) is 4. The smallest absolute Gasteiger partial charge is 0.0839 e. The van der Waals surface area contributed by atoms with E-state index in [1.807, 2.05) is 0 Å². The number of nitrogens with zero attached hydrogens (tertiary/aromatic N) is 2. The molecule has 0 aliphatic heterocycles. The van der Waals surface area contributed by atoms with Gasteiger partial charge >= 0.3 is 0 Å². The van der Waals surface area contributed by atoms with Gasteiger partial charge in [0.15, 0.2) is 0 Å². The zero-order valence-corrected chi connectivity index (χ0v) is 15.9. The van der Waals surface area contributed by atoms with E-state index < -0.39 is 12.2 Å². The third kappa shape index (κ3) is 1.98. The minimum absolute atomic E-state index is 0.0163. The van der Waals surface area contributed by atoms with Gasteiger partial charge in [-0.1, -0.05) is 26.0 Å². The molecule has 2 N–H and O–H groups in total. The third-order valence-corrected chi connectivity index (χ3v) is 8.96. The second-order valence-corrected chi connectivity index (χ2v) is 9.81. The van der Waals surface area contributed by atoms with Crippen LogP contribution < -0.4 is 0 Å². The van der Waals surface area contributed by atoms with E-state index in [9.17, 15) is 10.2 Å². The first kappa shape index (κ1) is 16.9. The first-order chi connectivity index (χ1) is 12.4. The molecule has 0 saturated heterocycles. The van der Waals surface area contributed by atoms with Crippen LogP contribution in [0.5, 0.6) is 0 Å². The number of hydrogen-bond donors (Lipinski definition) is 2.